The maximum atomic E-state index is 5.67. The second kappa shape index (κ2) is 5.59. The van der Waals surface area contributed by atoms with Gasteiger partial charge in [-0.15, -0.1) is 0 Å². The zero-order valence-electron chi connectivity index (χ0n) is 12.4. The molecule has 4 rings (SSSR count). The lowest BCUT2D eigenvalue weighted by atomic mass is 10.0. The Balaban J connectivity index is 0.00000144. The number of benzene rings is 2. The minimum atomic E-state index is 0. The number of aromatic amines is 1. The summed E-state index contributed by atoms with van der Waals surface area (Å²) in [6.45, 7) is 3.71. The van der Waals surface area contributed by atoms with Gasteiger partial charge in [-0.25, -0.2) is 4.57 Å². The average molecular weight is 312 g/mol. The molecular formula is C18H18ClN3. The lowest BCUT2D eigenvalue weighted by Gasteiger charge is -2.04. The maximum absolute atomic E-state index is 5.67. The molecule has 0 atom stereocenters. The molecule has 0 saturated carbocycles. The van der Waals surface area contributed by atoms with Crippen LogP contribution in [0.1, 0.15) is 5.56 Å². The molecule has 0 radical (unpaired) electrons. The van der Waals surface area contributed by atoms with Gasteiger partial charge in [0.05, 0.1) is 6.54 Å². The van der Waals surface area contributed by atoms with Crippen molar-refractivity contribution < 1.29 is 17.0 Å². The highest BCUT2D eigenvalue weighted by molar-refractivity contribution is 6.14. The Morgan fingerprint density at radius 3 is 2.73 bits per heavy atom. The van der Waals surface area contributed by atoms with Gasteiger partial charge in [-0.1, -0.05) is 18.2 Å². The van der Waals surface area contributed by atoms with Crippen LogP contribution >= 0.6 is 0 Å². The van der Waals surface area contributed by atoms with E-state index in [0.717, 1.165) is 6.54 Å². The zero-order valence-corrected chi connectivity index (χ0v) is 13.2. The fraction of sp³-hybridized carbons (Fsp3) is 0.167. The highest BCUT2D eigenvalue weighted by Crippen LogP contribution is 2.32. The van der Waals surface area contributed by atoms with Crippen molar-refractivity contribution in [2.75, 3.05) is 6.54 Å². The summed E-state index contributed by atoms with van der Waals surface area (Å²) in [7, 11) is 0. The largest absolute Gasteiger partial charge is 1.00 e. The van der Waals surface area contributed by atoms with Crippen LogP contribution in [0.5, 0.6) is 0 Å². The normalized spacial score (nSPS) is 11.2. The molecule has 4 aromatic rings. The Hall–Kier alpha value is -2.10. The molecule has 0 aliphatic heterocycles. The molecule has 0 fully saturated rings. The molecular weight excluding hydrogens is 294 g/mol. The van der Waals surface area contributed by atoms with E-state index in [4.69, 9.17) is 5.73 Å². The lowest BCUT2D eigenvalue weighted by molar-refractivity contribution is -0.693. The third-order valence-electron chi connectivity index (χ3n) is 4.25. The molecule has 2 heterocycles. The number of nitrogens with zero attached hydrogens (tertiary/aromatic N) is 1. The van der Waals surface area contributed by atoms with Crippen molar-refractivity contribution in [2.24, 2.45) is 5.73 Å². The van der Waals surface area contributed by atoms with Crippen molar-refractivity contribution in [1.29, 1.82) is 0 Å². The van der Waals surface area contributed by atoms with Crippen LogP contribution in [0.4, 0.5) is 0 Å². The second-order valence-electron chi connectivity index (χ2n) is 5.57. The summed E-state index contributed by atoms with van der Waals surface area (Å²) < 4.78 is 2.16. The molecule has 0 aliphatic rings. The van der Waals surface area contributed by atoms with Gasteiger partial charge in [-0.2, -0.15) is 0 Å². The van der Waals surface area contributed by atoms with Crippen molar-refractivity contribution >= 4 is 32.6 Å². The molecule has 0 aliphatic carbocycles. The van der Waals surface area contributed by atoms with Crippen LogP contribution in [0, 0.1) is 6.92 Å². The fourth-order valence-electron chi connectivity index (χ4n) is 3.24. The second-order valence-corrected chi connectivity index (χ2v) is 5.57. The number of pyridine rings is 1. The first kappa shape index (κ1) is 14.8. The number of hydrogen-bond donors (Lipinski definition) is 2. The van der Waals surface area contributed by atoms with E-state index in [1.165, 1.54) is 38.1 Å². The van der Waals surface area contributed by atoms with Gasteiger partial charge in [0.1, 0.15) is 0 Å². The van der Waals surface area contributed by atoms with Gasteiger partial charge < -0.3 is 23.1 Å². The van der Waals surface area contributed by atoms with Crippen LogP contribution in [0.3, 0.4) is 0 Å². The van der Waals surface area contributed by atoms with E-state index in [2.05, 4.69) is 65.3 Å². The molecule has 0 unspecified atom stereocenters. The SMILES string of the molecule is Cc1c2c[n+](CCN)ccc2cc2[nH]c3ccccc3c12.[Cl-]. The summed E-state index contributed by atoms with van der Waals surface area (Å²) >= 11 is 0. The van der Waals surface area contributed by atoms with Gasteiger partial charge in [-0.05, 0) is 30.0 Å². The molecule has 3 N–H and O–H groups in total. The lowest BCUT2D eigenvalue weighted by Crippen LogP contribution is -3.00. The van der Waals surface area contributed by atoms with Crippen molar-refractivity contribution in [1.82, 2.24) is 4.98 Å². The maximum Gasteiger partial charge on any atom is 0.176 e. The van der Waals surface area contributed by atoms with Crippen molar-refractivity contribution in [2.45, 2.75) is 13.5 Å². The first-order chi connectivity index (χ1) is 10.3. The van der Waals surface area contributed by atoms with E-state index in [1.807, 2.05) is 0 Å². The van der Waals surface area contributed by atoms with Crippen LogP contribution in [-0.2, 0) is 6.54 Å². The van der Waals surface area contributed by atoms with Crippen LogP contribution in [0.15, 0.2) is 48.8 Å². The van der Waals surface area contributed by atoms with Crippen LogP contribution in [0.2, 0.25) is 0 Å². The van der Waals surface area contributed by atoms with Gasteiger partial charge >= 0.3 is 0 Å². The Morgan fingerprint density at radius 2 is 1.91 bits per heavy atom. The Kier molecular flexibility index (Phi) is 3.77. The minimum Gasteiger partial charge on any atom is -1.00 e. The topological polar surface area (TPSA) is 45.7 Å². The van der Waals surface area contributed by atoms with Gasteiger partial charge in [0.2, 0.25) is 0 Å². The standard InChI is InChI=1S/C18H17N3.ClH/c1-12-15-11-21(9-7-19)8-6-13(15)10-17-18(12)14-4-2-3-5-16(14)20-17;/h2-6,8,10-11H,7,9,19H2,1H3;1H. The number of para-hydroxylation sites is 1. The predicted molar refractivity (Wildman–Crippen MR) is 87.3 cm³/mol. The molecule has 3 nitrogen and oxygen atoms in total. The minimum absolute atomic E-state index is 0. The van der Waals surface area contributed by atoms with E-state index >= 15 is 0 Å². The summed E-state index contributed by atoms with van der Waals surface area (Å²) in [5, 5.41) is 5.17. The number of fused-ring (bicyclic) bond motifs is 4. The molecule has 0 saturated heterocycles. The van der Waals surface area contributed by atoms with Crippen molar-refractivity contribution in [3.8, 4) is 0 Å². The number of aryl methyl sites for hydroxylation is 1. The van der Waals surface area contributed by atoms with E-state index in [1.54, 1.807) is 0 Å². The summed E-state index contributed by atoms with van der Waals surface area (Å²) in [4.78, 5) is 3.52. The first-order valence-electron chi connectivity index (χ1n) is 7.31. The van der Waals surface area contributed by atoms with E-state index in [0.29, 0.717) is 6.54 Å². The van der Waals surface area contributed by atoms with Crippen molar-refractivity contribution in [3.63, 3.8) is 0 Å². The third-order valence-corrected chi connectivity index (χ3v) is 4.25. The number of hydrogen-bond acceptors (Lipinski definition) is 1. The Bertz CT molecular complexity index is 972. The van der Waals surface area contributed by atoms with Gasteiger partial charge in [0, 0.05) is 33.3 Å². The molecule has 22 heavy (non-hydrogen) atoms. The summed E-state index contributed by atoms with van der Waals surface area (Å²) in [5.74, 6) is 0. The molecule has 0 spiro atoms. The number of rotatable bonds is 2. The average Bonchev–Trinajstić information content (AvgIpc) is 2.87. The number of halogens is 1. The number of nitrogens with two attached hydrogens (primary N) is 1. The number of nitrogens with one attached hydrogen (secondary N) is 1. The number of H-pyrrole nitrogens is 1. The quantitative estimate of drug-likeness (QED) is 0.504. The van der Waals surface area contributed by atoms with E-state index in [-0.39, 0.29) is 12.4 Å². The molecule has 0 amide bonds. The Morgan fingerprint density at radius 1 is 1.09 bits per heavy atom. The fourth-order valence-corrected chi connectivity index (χ4v) is 3.24. The smallest absolute Gasteiger partial charge is 0.176 e. The van der Waals surface area contributed by atoms with Gasteiger partial charge in [0.15, 0.2) is 18.9 Å². The molecule has 112 valence electrons. The van der Waals surface area contributed by atoms with Crippen LogP contribution in [-0.4, -0.2) is 11.5 Å². The predicted octanol–water partition coefficient (Wildman–Crippen LogP) is 0.0329. The van der Waals surface area contributed by atoms with Crippen LogP contribution < -0.4 is 22.7 Å². The van der Waals surface area contributed by atoms with E-state index in [9.17, 15) is 0 Å². The van der Waals surface area contributed by atoms with Crippen LogP contribution in [0.25, 0.3) is 32.6 Å². The monoisotopic (exact) mass is 311 g/mol. The first-order valence-corrected chi connectivity index (χ1v) is 7.31. The highest BCUT2D eigenvalue weighted by atomic mass is 35.5. The summed E-state index contributed by atoms with van der Waals surface area (Å²) in [6.07, 6.45) is 4.31. The molecule has 2 aromatic heterocycles. The van der Waals surface area contributed by atoms with Gasteiger partial charge in [0.25, 0.3) is 0 Å². The Labute approximate surface area is 135 Å². The molecule has 4 heteroatoms. The third kappa shape index (κ3) is 2.14. The van der Waals surface area contributed by atoms with Gasteiger partial charge in [-0.3, -0.25) is 0 Å². The number of aromatic nitrogens is 2. The highest BCUT2D eigenvalue weighted by Gasteiger charge is 2.12. The zero-order chi connectivity index (χ0) is 14.4. The van der Waals surface area contributed by atoms with Crippen molar-refractivity contribution in [3.05, 3.63) is 54.4 Å². The molecule has 0 bridgehead atoms. The summed E-state index contributed by atoms with van der Waals surface area (Å²) in [6, 6.07) is 12.9. The molecule has 2 aromatic carbocycles. The van der Waals surface area contributed by atoms with E-state index < -0.39 is 0 Å². The summed E-state index contributed by atoms with van der Waals surface area (Å²) in [5.41, 5.74) is 9.39.